The number of carboxylic acids is 6. The molecule has 14 rings (SSSR count). The van der Waals surface area contributed by atoms with Crippen LogP contribution in [0.1, 0.15) is 210 Å². The van der Waals surface area contributed by atoms with Crippen LogP contribution in [0.3, 0.4) is 0 Å². The number of ether oxygens (including phenoxy) is 8. The molecule has 4 aliphatic heterocycles. The minimum absolute atomic E-state index is 0. The Morgan fingerprint density at radius 1 is 0.374 bits per heavy atom. The summed E-state index contributed by atoms with van der Waals surface area (Å²) in [4.78, 5) is 102. The molecule has 1 radical (unpaired) electrons. The number of aliphatic hydroxyl groups is 10. The molecule has 0 amide bonds. The maximum absolute atomic E-state index is 14.6. The van der Waals surface area contributed by atoms with E-state index in [0.29, 0.717) is 64.2 Å². The molecule has 0 bridgehead atoms. The third-order valence-corrected chi connectivity index (χ3v) is 33.5. The number of carboxylic acid groups (broad SMARTS) is 6. The van der Waals surface area contributed by atoms with E-state index in [4.69, 9.17) is 60.8 Å². The van der Waals surface area contributed by atoms with E-state index in [1.807, 2.05) is 26.0 Å². The molecule has 37 heteroatoms. The fourth-order valence-electron chi connectivity index (χ4n) is 25.0. The minimum atomic E-state index is -2.03. The third kappa shape index (κ3) is 17.9. The molecule has 36 nitrogen and oxygen atoms in total. The predicted octanol–water partition coefficient (Wildman–Crippen LogP) is 1.80. The Hall–Kier alpha value is -4.73. The van der Waals surface area contributed by atoms with E-state index >= 15 is 0 Å². The maximum atomic E-state index is 14.6. The summed E-state index contributed by atoms with van der Waals surface area (Å²) >= 11 is 0. The number of hydrogen-bond donors (Lipinski definition) is 20. The first kappa shape index (κ1) is 100. The average molecular weight is 1800 g/mol. The number of aliphatic hydroxyl groups excluding tert-OH is 10. The van der Waals surface area contributed by atoms with Gasteiger partial charge in [0.1, 0.15) is 73.2 Å². The zero-order valence-electron chi connectivity index (χ0n) is 72.0. The van der Waals surface area contributed by atoms with E-state index in [1.54, 1.807) is 0 Å². The van der Waals surface area contributed by atoms with E-state index in [1.165, 1.54) is 0 Å². The summed E-state index contributed by atoms with van der Waals surface area (Å²) in [5.41, 5.74) is 18.3. The van der Waals surface area contributed by atoms with Crippen molar-refractivity contribution < 1.29 is 175 Å². The van der Waals surface area contributed by atoms with Gasteiger partial charge in [0.25, 0.3) is 0 Å². The smallest absolute Gasteiger partial charge is 0.335 e. The van der Waals surface area contributed by atoms with Crippen molar-refractivity contribution in [2.45, 2.75) is 346 Å². The zero-order chi connectivity index (χ0) is 90.4. The normalized spacial score (nSPS) is 49.0. The molecule has 4 saturated heterocycles. The van der Waals surface area contributed by atoms with Crippen LogP contribution < -0.4 is 22.9 Å². The number of allylic oxidation sites excluding steroid dienone is 4. The van der Waals surface area contributed by atoms with Gasteiger partial charge in [-0.2, -0.15) is 0 Å². The van der Waals surface area contributed by atoms with Crippen LogP contribution in [-0.2, 0) is 93.0 Å². The van der Waals surface area contributed by atoms with Crippen molar-refractivity contribution in [1.82, 2.24) is 0 Å². The molecule has 14 aliphatic rings. The maximum Gasteiger partial charge on any atom is 0.335 e. The summed E-state index contributed by atoms with van der Waals surface area (Å²) in [7, 11) is 0. The van der Waals surface area contributed by atoms with Gasteiger partial charge < -0.3 is 143 Å². The Balaban J connectivity index is 0.000000230. The Kier molecular flexibility index (Phi) is 30.7. The number of hydrogen-bond acceptors (Lipinski definition) is 30. The molecule has 10 aliphatic carbocycles. The largest absolute Gasteiger partial charge is 0.481 e. The van der Waals surface area contributed by atoms with Crippen LogP contribution in [0.5, 0.6) is 0 Å². The number of rotatable bonds is 18. The van der Waals surface area contributed by atoms with Crippen molar-refractivity contribution >= 4 is 47.4 Å². The SMILES string of the molecule is CC1(C(=O)O)CCC2(C)CCC3(C)C(=CC(=O)C4C5(C)CCC(OC6OC(C(=O)O)C(O)C(O)C6OC6OC(C(=O)O)C(O)C(O)C6O)CC5CCC43C)C2C1.CC1(C(=O)O)CCC2(C)CCC3(C)C(=CC(=O)C4C5(C)CCC(OC6OC(C(=O)O)C(O)C(O)C6OC6OC(C(=O)O)C(O)C(O)C6O)CC5CCC43C)C2C1.NCCCN.NCCCN.[Co]. The second-order valence-electron chi connectivity index (χ2n) is 40.5. The number of carbonyl (C=O) groups excluding carboxylic acids is 2. The van der Waals surface area contributed by atoms with Crippen molar-refractivity contribution in [2.24, 2.45) is 113 Å². The quantitative estimate of drug-likeness (QED) is 0.0870. The Morgan fingerprint density at radius 3 is 0.951 bits per heavy atom. The molecule has 123 heavy (non-hydrogen) atoms. The van der Waals surface area contributed by atoms with Crippen LogP contribution in [0.2, 0.25) is 0 Å². The molecule has 0 aromatic heterocycles. The van der Waals surface area contributed by atoms with Crippen LogP contribution in [0.4, 0.5) is 0 Å². The second-order valence-corrected chi connectivity index (χ2v) is 40.5. The summed E-state index contributed by atoms with van der Waals surface area (Å²) in [6, 6.07) is 0. The van der Waals surface area contributed by atoms with Gasteiger partial charge in [-0.3, -0.25) is 19.2 Å². The van der Waals surface area contributed by atoms with Gasteiger partial charge in [0.05, 0.1) is 23.0 Å². The summed E-state index contributed by atoms with van der Waals surface area (Å²) in [5.74, 6) is -8.63. The van der Waals surface area contributed by atoms with E-state index in [2.05, 4.69) is 55.4 Å². The molecule has 701 valence electrons. The molecule has 38 atom stereocenters. The molecular weight excluding hydrogens is 1660 g/mol. The van der Waals surface area contributed by atoms with Crippen LogP contribution >= 0.6 is 0 Å². The van der Waals surface area contributed by atoms with Crippen LogP contribution in [0.15, 0.2) is 23.3 Å². The second kappa shape index (κ2) is 37.6. The summed E-state index contributed by atoms with van der Waals surface area (Å²) in [5, 5.41) is 165. The standard InChI is InChI=1S/2C40H58O16.2C3H10N2.Co/c2*1-36-10-11-37(2,35(51)52)16-20(36)19-15-21(41)30-38(3)8-7-18(14-17(38)6-9-40(30,5)39(19,4)13-12-36)53-34-29(25(45)24(44)28(55-34)32(49)50)56-33-26(46)22(42)23(43)27(54-33)31(47)48;2*4-2-1-3-5;/h2*15,17-18,20,22-30,33-34,42-46H,6-14,16H2,1-5H3,(H,47,48)(H,49,50)(H,51,52);2*1-5H2;. The fourth-order valence-corrected chi connectivity index (χ4v) is 25.0. The fraction of sp³-hybridized carbons (Fsp3) is 0.860. The molecule has 0 spiro atoms. The molecule has 8 saturated carbocycles. The Labute approximate surface area is 726 Å². The van der Waals surface area contributed by atoms with Crippen molar-refractivity contribution in [3.8, 4) is 0 Å². The van der Waals surface area contributed by atoms with E-state index in [9.17, 15) is 120 Å². The van der Waals surface area contributed by atoms with E-state index < -0.39 is 203 Å². The summed E-state index contributed by atoms with van der Waals surface area (Å²) in [6.45, 7) is 24.4. The van der Waals surface area contributed by atoms with Gasteiger partial charge in [-0.15, -0.1) is 0 Å². The molecule has 38 unspecified atom stereocenters. The molecule has 4 heterocycles. The summed E-state index contributed by atoms with van der Waals surface area (Å²) < 4.78 is 45.9. The van der Waals surface area contributed by atoms with Crippen LogP contribution in [-0.4, -0.2) is 290 Å². The third-order valence-electron chi connectivity index (χ3n) is 33.5. The van der Waals surface area contributed by atoms with E-state index in [-0.39, 0.29) is 85.5 Å². The van der Waals surface area contributed by atoms with Gasteiger partial charge in [-0.25, -0.2) is 19.2 Å². The van der Waals surface area contributed by atoms with Gasteiger partial charge in [0.2, 0.25) is 0 Å². The Morgan fingerprint density at radius 2 is 0.667 bits per heavy atom. The van der Waals surface area contributed by atoms with Crippen LogP contribution in [0.25, 0.3) is 0 Å². The van der Waals surface area contributed by atoms with Gasteiger partial charge in [-0.05, 0) is 260 Å². The first-order valence-corrected chi connectivity index (χ1v) is 43.6. The van der Waals surface area contributed by atoms with Crippen molar-refractivity contribution in [1.29, 1.82) is 0 Å². The number of aliphatic carboxylic acids is 6. The number of fused-ring (bicyclic) bond motifs is 14. The number of nitrogens with two attached hydrogens (primary N) is 4. The van der Waals surface area contributed by atoms with Crippen molar-refractivity contribution in [3.63, 3.8) is 0 Å². The van der Waals surface area contributed by atoms with Gasteiger partial charge >= 0.3 is 35.8 Å². The molecular formula is C86H136CoN4O32. The first-order valence-electron chi connectivity index (χ1n) is 43.6. The van der Waals surface area contributed by atoms with Gasteiger partial charge in [-0.1, -0.05) is 66.5 Å². The van der Waals surface area contributed by atoms with Gasteiger partial charge in [0.15, 0.2) is 61.1 Å². The molecule has 0 aromatic carbocycles. The van der Waals surface area contributed by atoms with Gasteiger partial charge in [0, 0.05) is 28.6 Å². The number of carbonyl (C=O) groups is 8. The van der Waals surface area contributed by atoms with Crippen molar-refractivity contribution in [2.75, 3.05) is 26.2 Å². The average Bonchev–Trinajstić information content (AvgIpc) is 0.680. The minimum Gasteiger partial charge on any atom is -0.481 e. The van der Waals surface area contributed by atoms with Crippen molar-refractivity contribution in [3.05, 3.63) is 23.3 Å². The predicted molar refractivity (Wildman–Crippen MR) is 426 cm³/mol. The zero-order valence-corrected chi connectivity index (χ0v) is 73.1. The first-order chi connectivity index (χ1) is 56.8. The monoisotopic (exact) mass is 1800 g/mol. The number of ketones is 2. The molecule has 0 aromatic rings. The Bertz CT molecular complexity index is 3680. The topological polar surface area (TPSA) is 638 Å². The molecule has 12 fully saturated rings. The molecule has 24 N–H and O–H groups in total. The van der Waals surface area contributed by atoms with E-state index in [0.717, 1.165) is 114 Å². The van der Waals surface area contributed by atoms with Crippen LogP contribution in [0, 0.1) is 89.7 Å². The summed E-state index contributed by atoms with van der Waals surface area (Å²) in [6.07, 6.45) is -20.9.